The Balaban J connectivity index is 1.07. The number of rotatable bonds is 10. The molecule has 2 aromatic carbocycles. The summed E-state index contributed by atoms with van der Waals surface area (Å²) in [6.07, 6.45) is 2.88. The number of likely N-dealkylation sites (tertiary alicyclic amines) is 1. The third-order valence-corrected chi connectivity index (χ3v) is 7.90. The Kier molecular flexibility index (Phi) is 8.55. The van der Waals surface area contributed by atoms with Crippen LogP contribution >= 0.6 is 11.6 Å². The van der Waals surface area contributed by atoms with Crippen LogP contribution in [0.1, 0.15) is 41.1 Å². The van der Waals surface area contributed by atoms with Crippen LogP contribution in [0, 0.1) is 5.82 Å². The molecule has 0 spiro atoms. The number of ether oxygens (including phenoxy) is 4. The number of halogens is 2. The largest absolute Gasteiger partial charge is 0.484 e. The number of carbonyl (C=O) groups excluding carboxylic acids is 1. The zero-order chi connectivity index (χ0) is 29.1. The van der Waals surface area contributed by atoms with Gasteiger partial charge >= 0.3 is 5.97 Å². The first-order valence-electron chi connectivity index (χ1n) is 14.1. The van der Waals surface area contributed by atoms with Gasteiger partial charge in [0.25, 0.3) is 0 Å². The lowest BCUT2D eigenvalue weighted by molar-refractivity contribution is -0.0592. The molecule has 0 radical (unpaired) electrons. The number of aromatic nitrogens is 3. The van der Waals surface area contributed by atoms with E-state index in [1.54, 1.807) is 12.1 Å². The summed E-state index contributed by atoms with van der Waals surface area (Å²) in [5, 5.41) is 0.315. The van der Waals surface area contributed by atoms with Gasteiger partial charge in [0.2, 0.25) is 5.88 Å². The Morgan fingerprint density at radius 3 is 2.67 bits per heavy atom. The van der Waals surface area contributed by atoms with Crippen molar-refractivity contribution < 1.29 is 28.1 Å². The number of nitrogens with zero attached hydrogens (tertiary/aromatic N) is 4. The van der Waals surface area contributed by atoms with Gasteiger partial charge in [-0.2, -0.15) is 0 Å². The van der Waals surface area contributed by atoms with Gasteiger partial charge in [-0.15, -0.1) is 0 Å². The van der Waals surface area contributed by atoms with Crippen LogP contribution in [-0.2, 0) is 29.2 Å². The van der Waals surface area contributed by atoms with Crippen molar-refractivity contribution >= 4 is 28.6 Å². The first-order valence-corrected chi connectivity index (χ1v) is 14.4. The molecule has 0 aliphatic carbocycles. The highest BCUT2D eigenvalue weighted by Crippen LogP contribution is 2.26. The second-order valence-electron chi connectivity index (χ2n) is 10.5. The SMILES string of the molecule is COC(=O)c1ccc2nc(CN3CCC(Oc4cccc(COc5ccc(Cl)cc5F)n4)CC3)n(C[C@@H]3CCO3)c2c1. The fourth-order valence-corrected chi connectivity index (χ4v) is 5.44. The zero-order valence-corrected chi connectivity index (χ0v) is 24.1. The number of piperidine rings is 1. The number of hydrogen-bond donors (Lipinski definition) is 0. The predicted octanol–water partition coefficient (Wildman–Crippen LogP) is 5.42. The van der Waals surface area contributed by atoms with E-state index in [0.717, 1.165) is 55.8 Å². The quantitative estimate of drug-likeness (QED) is 0.225. The Bertz CT molecular complexity index is 1570. The molecule has 0 unspecified atom stereocenters. The summed E-state index contributed by atoms with van der Waals surface area (Å²) in [6.45, 7) is 3.97. The number of esters is 1. The monoisotopic (exact) mass is 594 g/mol. The number of carbonyl (C=O) groups is 1. The topological polar surface area (TPSA) is 87.9 Å². The molecule has 0 N–H and O–H groups in total. The minimum atomic E-state index is -0.514. The number of methoxy groups -OCH3 is 1. The molecule has 1 atom stereocenters. The molecule has 0 amide bonds. The molecule has 2 saturated heterocycles. The predicted molar refractivity (Wildman–Crippen MR) is 154 cm³/mol. The number of pyridine rings is 1. The Morgan fingerprint density at radius 1 is 1.10 bits per heavy atom. The van der Waals surface area contributed by atoms with Crippen molar-refractivity contribution in [3.05, 3.63) is 82.5 Å². The van der Waals surface area contributed by atoms with E-state index in [-0.39, 0.29) is 30.5 Å². The molecule has 2 aliphatic rings. The summed E-state index contributed by atoms with van der Waals surface area (Å²) in [5.74, 6) is 0.719. The lowest BCUT2D eigenvalue weighted by atomic mass is 10.1. The van der Waals surface area contributed by atoms with Gasteiger partial charge in [0.1, 0.15) is 18.5 Å². The molecule has 6 rings (SSSR count). The molecule has 2 aliphatic heterocycles. The van der Waals surface area contributed by atoms with E-state index in [4.69, 9.17) is 35.5 Å². The second kappa shape index (κ2) is 12.6. The molecule has 9 nitrogen and oxygen atoms in total. The summed E-state index contributed by atoms with van der Waals surface area (Å²) in [4.78, 5) is 24.0. The van der Waals surface area contributed by atoms with Gasteiger partial charge in [0.15, 0.2) is 11.6 Å². The standard InChI is InChI=1S/C31H32ClFN4O5/c1-39-31(38)20-5-7-26-27(15-20)37(17-24-11-14-40-24)29(35-26)18-36-12-9-23(10-13-36)42-30-4-2-3-22(34-30)19-41-28-8-6-21(32)16-25(28)33/h2-8,15-16,23-24H,9-14,17-19H2,1H3/t24-/m0/s1. The number of benzene rings is 2. The Morgan fingerprint density at radius 2 is 1.93 bits per heavy atom. The number of hydrogen-bond acceptors (Lipinski definition) is 8. The fourth-order valence-electron chi connectivity index (χ4n) is 5.28. The van der Waals surface area contributed by atoms with Gasteiger partial charge < -0.3 is 23.5 Å². The average molecular weight is 595 g/mol. The Labute approximate surface area is 248 Å². The summed E-state index contributed by atoms with van der Waals surface area (Å²) < 4.78 is 38.7. The highest BCUT2D eigenvalue weighted by atomic mass is 35.5. The van der Waals surface area contributed by atoms with Crippen molar-refractivity contribution in [1.29, 1.82) is 0 Å². The lowest BCUT2D eigenvalue weighted by Gasteiger charge is -2.32. The number of fused-ring (bicyclic) bond motifs is 1. The molecular weight excluding hydrogens is 563 g/mol. The number of imidazole rings is 1. The average Bonchev–Trinajstić information content (AvgIpc) is 3.31. The highest BCUT2D eigenvalue weighted by Gasteiger charge is 2.26. The van der Waals surface area contributed by atoms with E-state index in [1.165, 1.54) is 19.2 Å². The molecule has 2 fully saturated rings. The minimum Gasteiger partial charge on any atom is -0.484 e. The molecule has 220 valence electrons. The van der Waals surface area contributed by atoms with Gasteiger partial charge in [-0.1, -0.05) is 17.7 Å². The van der Waals surface area contributed by atoms with Crippen LogP contribution in [0.25, 0.3) is 11.0 Å². The maximum Gasteiger partial charge on any atom is 0.337 e. The van der Waals surface area contributed by atoms with Crippen LogP contribution in [0.4, 0.5) is 4.39 Å². The van der Waals surface area contributed by atoms with E-state index in [1.807, 2.05) is 30.3 Å². The third kappa shape index (κ3) is 6.51. The zero-order valence-electron chi connectivity index (χ0n) is 23.3. The van der Waals surface area contributed by atoms with E-state index < -0.39 is 5.82 Å². The van der Waals surface area contributed by atoms with E-state index in [2.05, 4.69) is 14.5 Å². The van der Waals surface area contributed by atoms with Crippen molar-refractivity contribution in [2.75, 3.05) is 26.8 Å². The first kappa shape index (κ1) is 28.4. The van der Waals surface area contributed by atoms with Crippen LogP contribution in [0.2, 0.25) is 5.02 Å². The van der Waals surface area contributed by atoms with Crippen molar-refractivity contribution in [3.63, 3.8) is 0 Å². The molecule has 11 heteroatoms. The van der Waals surface area contributed by atoms with Gasteiger partial charge in [-0.3, -0.25) is 4.90 Å². The van der Waals surface area contributed by atoms with Gasteiger partial charge in [-0.05, 0) is 61.7 Å². The normalized spacial score (nSPS) is 17.6. The molecule has 0 bridgehead atoms. The first-order chi connectivity index (χ1) is 20.4. The van der Waals surface area contributed by atoms with Crippen molar-refractivity contribution in [2.24, 2.45) is 0 Å². The van der Waals surface area contributed by atoms with E-state index in [0.29, 0.717) is 35.2 Å². The second-order valence-corrected chi connectivity index (χ2v) is 11.0. The van der Waals surface area contributed by atoms with Gasteiger partial charge in [0.05, 0.1) is 48.6 Å². The van der Waals surface area contributed by atoms with Crippen LogP contribution < -0.4 is 9.47 Å². The Hall–Kier alpha value is -3.73. The van der Waals surface area contributed by atoms with Crippen LogP contribution in [0.15, 0.2) is 54.6 Å². The molecule has 4 aromatic rings. The molecule has 2 aromatic heterocycles. The van der Waals surface area contributed by atoms with E-state index >= 15 is 0 Å². The third-order valence-electron chi connectivity index (χ3n) is 7.67. The summed E-state index contributed by atoms with van der Waals surface area (Å²) >= 11 is 5.82. The van der Waals surface area contributed by atoms with Gasteiger partial charge in [0, 0.05) is 30.8 Å². The summed E-state index contributed by atoms with van der Waals surface area (Å²) in [6, 6.07) is 15.3. The molecule has 0 saturated carbocycles. The maximum atomic E-state index is 14.0. The summed E-state index contributed by atoms with van der Waals surface area (Å²) in [7, 11) is 1.39. The van der Waals surface area contributed by atoms with Crippen LogP contribution in [0.5, 0.6) is 11.6 Å². The van der Waals surface area contributed by atoms with Crippen molar-refractivity contribution in [1.82, 2.24) is 19.4 Å². The van der Waals surface area contributed by atoms with Crippen molar-refractivity contribution in [2.45, 2.75) is 51.2 Å². The summed E-state index contributed by atoms with van der Waals surface area (Å²) in [5.41, 5.74) is 2.91. The van der Waals surface area contributed by atoms with Crippen molar-refractivity contribution in [3.8, 4) is 11.6 Å². The van der Waals surface area contributed by atoms with Crippen LogP contribution in [-0.4, -0.2) is 64.4 Å². The molecule has 42 heavy (non-hydrogen) atoms. The molecule has 4 heterocycles. The highest BCUT2D eigenvalue weighted by molar-refractivity contribution is 6.30. The smallest absolute Gasteiger partial charge is 0.337 e. The maximum absolute atomic E-state index is 14.0. The fraction of sp³-hybridized carbons (Fsp3) is 0.387. The van der Waals surface area contributed by atoms with Gasteiger partial charge in [-0.25, -0.2) is 19.2 Å². The van der Waals surface area contributed by atoms with E-state index in [9.17, 15) is 9.18 Å². The minimum absolute atomic E-state index is 0.0310. The molecular formula is C31H32ClFN4O5. The van der Waals surface area contributed by atoms with Crippen LogP contribution in [0.3, 0.4) is 0 Å². The lowest BCUT2D eigenvalue weighted by Crippen LogP contribution is -2.39.